The Kier molecular flexibility index (Phi) is 4.14. The van der Waals surface area contributed by atoms with E-state index in [1.54, 1.807) is 6.07 Å². The first-order valence-corrected chi connectivity index (χ1v) is 7.20. The molecule has 1 N–H and O–H groups in total. The standard InChI is InChI=1S/C16H24FN3/c1-11(2)20-13-8-6-7-12(17)15(13)19-14(20)9-10-18-16(3,4)5/h6-8,11,18H,9-10H2,1-5H3. The van der Waals surface area contributed by atoms with E-state index in [0.29, 0.717) is 5.52 Å². The first-order chi connectivity index (χ1) is 9.29. The molecular formula is C16H24FN3. The van der Waals surface area contributed by atoms with Crippen LogP contribution in [-0.2, 0) is 6.42 Å². The average molecular weight is 277 g/mol. The molecule has 0 saturated carbocycles. The van der Waals surface area contributed by atoms with E-state index in [9.17, 15) is 4.39 Å². The molecule has 1 aromatic heterocycles. The van der Waals surface area contributed by atoms with Crippen molar-refractivity contribution in [2.75, 3.05) is 6.54 Å². The highest BCUT2D eigenvalue weighted by Gasteiger charge is 2.16. The van der Waals surface area contributed by atoms with Crippen molar-refractivity contribution in [2.24, 2.45) is 0 Å². The maximum absolute atomic E-state index is 13.9. The molecule has 4 heteroatoms. The number of hydrogen-bond donors (Lipinski definition) is 1. The summed E-state index contributed by atoms with van der Waals surface area (Å²) in [7, 11) is 0. The largest absolute Gasteiger partial charge is 0.325 e. The van der Waals surface area contributed by atoms with Gasteiger partial charge in [0.25, 0.3) is 0 Å². The molecule has 20 heavy (non-hydrogen) atoms. The van der Waals surface area contributed by atoms with Gasteiger partial charge in [-0.05, 0) is 46.8 Å². The van der Waals surface area contributed by atoms with Gasteiger partial charge < -0.3 is 9.88 Å². The van der Waals surface area contributed by atoms with Crippen LogP contribution in [0.5, 0.6) is 0 Å². The summed E-state index contributed by atoms with van der Waals surface area (Å²) in [5.41, 5.74) is 1.44. The Morgan fingerprint density at radius 1 is 1.30 bits per heavy atom. The molecule has 0 unspecified atom stereocenters. The van der Waals surface area contributed by atoms with Crippen LogP contribution in [0.25, 0.3) is 11.0 Å². The average Bonchev–Trinajstić information content (AvgIpc) is 2.67. The van der Waals surface area contributed by atoms with Gasteiger partial charge in [0.2, 0.25) is 0 Å². The van der Waals surface area contributed by atoms with Crippen molar-refractivity contribution in [1.29, 1.82) is 0 Å². The van der Waals surface area contributed by atoms with Crippen LogP contribution in [0, 0.1) is 5.82 Å². The summed E-state index contributed by atoms with van der Waals surface area (Å²) in [6.07, 6.45) is 0.795. The quantitative estimate of drug-likeness (QED) is 0.923. The molecule has 0 fully saturated rings. The summed E-state index contributed by atoms with van der Waals surface area (Å²) in [5, 5.41) is 3.45. The number of nitrogens with one attached hydrogen (secondary N) is 1. The number of rotatable bonds is 4. The lowest BCUT2D eigenvalue weighted by molar-refractivity contribution is 0.424. The smallest absolute Gasteiger partial charge is 0.151 e. The predicted molar refractivity (Wildman–Crippen MR) is 81.5 cm³/mol. The number of hydrogen-bond acceptors (Lipinski definition) is 2. The third-order valence-corrected chi connectivity index (χ3v) is 3.26. The third-order valence-electron chi connectivity index (χ3n) is 3.26. The van der Waals surface area contributed by atoms with Crippen molar-refractivity contribution < 1.29 is 4.39 Å². The minimum atomic E-state index is -0.244. The third kappa shape index (κ3) is 3.18. The van der Waals surface area contributed by atoms with E-state index < -0.39 is 0 Å². The molecule has 0 saturated heterocycles. The van der Waals surface area contributed by atoms with Gasteiger partial charge >= 0.3 is 0 Å². The SMILES string of the molecule is CC(C)n1c(CCNC(C)(C)C)nc2c(F)cccc21. The molecule has 0 aliphatic rings. The Morgan fingerprint density at radius 2 is 2.00 bits per heavy atom. The normalized spacial score (nSPS) is 12.6. The molecule has 110 valence electrons. The van der Waals surface area contributed by atoms with E-state index in [0.717, 1.165) is 24.3 Å². The van der Waals surface area contributed by atoms with Crippen molar-refractivity contribution in [2.45, 2.75) is 52.6 Å². The zero-order chi connectivity index (χ0) is 14.9. The van der Waals surface area contributed by atoms with Crippen LogP contribution in [0.4, 0.5) is 4.39 Å². The van der Waals surface area contributed by atoms with E-state index >= 15 is 0 Å². The number of fused-ring (bicyclic) bond motifs is 1. The summed E-state index contributed by atoms with van der Waals surface area (Å²) < 4.78 is 16.0. The lowest BCUT2D eigenvalue weighted by Gasteiger charge is -2.21. The maximum Gasteiger partial charge on any atom is 0.151 e. The molecule has 2 rings (SSSR count). The molecule has 2 aromatic rings. The van der Waals surface area contributed by atoms with Gasteiger partial charge in [-0.2, -0.15) is 0 Å². The molecule has 0 spiro atoms. The first kappa shape index (κ1) is 15.0. The van der Waals surface area contributed by atoms with Crippen molar-refractivity contribution >= 4 is 11.0 Å². The number of imidazole rings is 1. The Hall–Kier alpha value is -1.42. The van der Waals surface area contributed by atoms with Crippen LogP contribution >= 0.6 is 0 Å². The van der Waals surface area contributed by atoms with E-state index in [2.05, 4.69) is 49.5 Å². The van der Waals surface area contributed by atoms with Gasteiger partial charge in [-0.1, -0.05) is 6.07 Å². The molecule has 1 heterocycles. The summed E-state index contributed by atoms with van der Waals surface area (Å²) in [4.78, 5) is 4.50. The van der Waals surface area contributed by atoms with Gasteiger partial charge in [0.05, 0.1) is 5.52 Å². The second-order valence-electron chi connectivity index (χ2n) is 6.53. The number of halogens is 1. The lowest BCUT2D eigenvalue weighted by atomic mass is 10.1. The van der Waals surface area contributed by atoms with Gasteiger partial charge in [0.1, 0.15) is 11.3 Å². The second kappa shape index (κ2) is 5.52. The number of para-hydroxylation sites is 1. The van der Waals surface area contributed by atoms with Gasteiger partial charge in [-0.15, -0.1) is 0 Å². The van der Waals surface area contributed by atoms with Crippen LogP contribution in [0.1, 0.15) is 46.5 Å². The van der Waals surface area contributed by atoms with E-state index in [1.165, 1.54) is 6.07 Å². The highest BCUT2D eigenvalue weighted by atomic mass is 19.1. The Morgan fingerprint density at radius 3 is 2.60 bits per heavy atom. The number of benzene rings is 1. The van der Waals surface area contributed by atoms with E-state index in [4.69, 9.17) is 0 Å². The molecule has 0 atom stereocenters. The predicted octanol–water partition coefficient (Wildman–Crippen LogP) is 3.69. The monoisotopic (exact) mass is 277 g/mol. The minimum absolute atomic E-state index is 0.0833. The highest BCUT2D eigenvalue weighted by Crippen LogP contribution is 2.23. The molecule has 0 amide bonds. The van der Waals surface area contributed by atoms with Crippen molar-refractivity contribution in [1.82, 2.24) is 14.9 Å². The minimum Gasteiger partial charge on any atom is -0.325 e. The zero-order valence-electron chi connectivity index (χ0n) is 13.0. The van der Waals surface area contributed by atoms with Crippen LogP contribution in [-0.4, -0.2) is 21.6 Å². The number of nitrogens with zero attached hydrogens (tertiary/aromatic N) is 2. The topological polar surface area (TPSA) is 29.9 Å². The summed E-state index contributed by atoms with van der Waals surface area (Å²) >= 11 is 0. The maximum atomic E-state index is 13.9. The van der Waals surface area contributed by atoms with E-state index in [1.807, 2.05) is 6.07 Å². The van der Waals surface area contributed by atoms with Crippen LogP contribution in [0.15, 0.2) is 18.2 Å². The van der Waals surface area contributed by atoms with Gasteiger partial charge in [0, 0.05) is 24.5 Å². The molecular weight excluding hydrogens is 253 g/mol. The molecule has 0 bridgehead atoms. The highest BCUT2D eigenvalue weighted by molar-refractivity contribution is 5.76. The molecule has 0 aliphatic heterocycles. The van der Waals surface area contributed by atoms with Gasteiger partial charge in [-0.3, -0.25) is 0 Å². The molecule has 0 radical (unpaired) electrons. The lowest BCUT2D eigenvalue weighted by Crippen LogP contribution is -2.37. The molecule has 0 aliphatic carbocycles. The van der Waals surface area contributed by atoms with Crippen LogP contribution in [0.2, 0.25) is 0 Å². The summed E-state index contributed by atoms with van der Waals surface area (Å²) in [5.74, 6) is 0.698. The molecule has 3 nitrogen and oxygen atoms in total. The van der Waals surface area contributed by atoms with Gasteiger partial charge in [0.15, 0.2) is 5.82 Å². The Balaban J connectivity index is 2.32. The van der Waals surface area contributed by atoms with Crippen LogP contribution < -0.4 is 5.32 Å². The summed E-state index contributed by atoms with van der Waals surface area (Å²) in [6.45, 7) is 11.5. The fourth-order valence-corrected chi connectivity index (χ4v) is 2.43. The molecule has 1 aromatic carbocycles. The fourth-order valence-electron chi connectivity index (χ4n) is 2.43. The van der Waals surface area contributed by atoms with Crippen molar-refractivity contribution in [3.63, 3.8) is 0 Å². The zero-order valence-corrected chi connectivity index (χ0v) is 13.0. The first-order valence-electron chi connectivity index (χ1n) is 7.20. The fraction of sp³-hybridized carbons (Fsp3) is 0.562. The summed E-state index contributed by atoms with van der Waals surface area (Å²) in [6, 6.07) is 5.42. The Labute approximate surface area is 120 Å². The van der Waals surface area contributed by atoms with Crippen molar-refractivity contribution in [3.8, 4) is 0 Å². The Bertz CT molecular complexity index is 594. The second-order valence-corrected chi connectivity index (χ2v) is 6.53. The van der Waals surface area contributed by atoms with Crippen LogP contribution in [0.3, 0.4) is 0 Å². The number of aromatic nitrogens is 2. The van der Waals surface area contributed by atoms with Gasteiger partial charge in [-0.25, -0.2) is 9.37 Å². The van der Waals surface area contributed by atoms with Crippen molar-refractivity contribution in [3.05, 3.63) is 29.8 Å². The van der Waals surface area contributed by atoms with E-state index in [-0.39, 0.29) is 17.4 Å².